The Kier molecular flexibility index (Phi) is 7.08. The fourth-order valence-corrected chi connectivity index (χ4v) is 3.71. The van der Waals surface area contributed by atoms with Crippen LogP contribution in [0.2, 0.25) is 0 Å². The Morgan fingerprint density at radius 1 is 1.24 bits per heavy atom. The van der Waals surface area contributed by atoms with Crippen molar-refractivity contribution in [2.24, 2.45) is 5.10 Å². The second-order valence-electron chi connectivity index (χ2n) is 5.91. The van der Waals surface area contributed by atoms with Gasteiger partial charge < -0.3 is 4.90 Å². The van der Waals surface area contributed by atoms with Gasteiger partial charge in [0.25, 0.3) is 5.91 Å². The quantitative estimate of drug-likeness (QED) is 0.427. The van der Waals surface area contributed by atoms with E-state index in [-0.39, 0.29) is 11.2 Å². The number of thioether (sulfide) groups is 1. The summed E-state index contributed by atoms with van der Waals surface area (Å²) >= 11 is 5.06. The smallest absolute Gasteiger partial charge is 0.253 e. The Labute approximate surface area is 161 Å². The summed E-state index contributed by atoms with van der Waals surface area (Å²) in [4.78, 5) is 15.2. The van der Waals surface area contributed by atoms with Gasteiger partial charge in [0.2, 0.25) is 0 Å². The number of halogens is 1. The van der Waals surface area contributed by atoms with Gasteiger partial charge in [-0.15, -0.1) is 11.8 Å². The average molecular weight is 420 g/mol. The van der Waals surface area contributed by atoms with Crippen LogP contribution in [-0.4, -0.2) is 31.5 Å². The fourth-order valence-electron chi connectivity index (χ4n) is 2.10. The number of rotatable bonds is 6. The molecule has 2 aromatic carbocycles. The van der Waals surface area contributed by atoms with Crippen LogP contribution in [0, 0.1) is 6.92 Å². The van der Waals surface area contributed by atoms with Gasteiger partial charge in [0, 0.05) is 23.5 Å². The van der Waals surface area contributed by atoms with Crippen molar-refractivity contribution in [1.29, 1.82) is 0 Å². The number of nitrogens with one attached hydrogen (secondary N) is 1. The first-order valence-electron chi connectivity index (χ1n) is 7.90. The zero-order chi connectivity index (χ0) is 18.4. The molecule has 0 saturated carbocycles. The first-order chi connectivity index (χ1) is 11.9. The molecule has 0 unspecified atom stereocenters. The van der Waals surface area contributed by atoms with Crippen molar-refractivity contribution in [2.75, 3.05) is 19.0 Å². The molecule has 0 aliphatic carbocycles. The average Bonchev–Trinajstić information content (AvgIpc) is 2.56. The Morgan fingerprint density at radius 2 is 1.92 bits per heavy atom. The van der Waals surface area contributed by atoms with Gasteiger partial charge in [-0.25, -0.2) is 5.43 Å². The molecule has 2 rings (SSSR count). The Balaban J connectivity index is 1.91. The van der Waals surface area contributed by atoms with E-state index in [1.165, 1.54) is 17.3 Å². The minimum Gasteiger partial charge on any atom is -0.377 e. The van der Waals surface area contributed by atoms with Crippen molar-refractivity contribution < 1.29 is 4.79 Å². The molecule has 1 amide bonds. The van der Waals surface area contributed by atoms with E-state index >= 15 is 0 Å². The zero-order valence-corrected chi connectivity index (χ0v) is 17.2. The van der Waals surface area contributed by atoms with Gasteiger partial charge >= 0.3 is 0 Å². The third-order valence-electron chi connectivity index (χ3n) is 3.54. The highest BCUT2D eigenvalue weighted by molar-refractivity contribution is 9.10. The number of carbonyl (C=O) groups excluding carboxylic acids is 1. The van der Waals surface area contributed by atoms with E-state index in [1.807, 2.05) is 75.3 Å². The highest BCUT2D eigenvalue weighted by Crippen LogP contribution is 2.25. The molecule has 25 heavy (non-hydrogen) atoms. The second-order valence-corrected chi connectivity index (χ2v) is 8.18. The minimum absolute atomic E-state index is 0.120. The summed E-state index contributed by atoms with van der Waals surface area (Å²) in [6.07, 6.45) is 1.64. The molecule has 0 heterocycles. The topological polar surface area (TPSA) is 44.7 Å². The van der Waals surface area contributed by atoms with Gasteiger partial charge in [0.05, 0.1) is 17.2 Å². The number of aryl methyl sites for hydroxylation is 1. The number of carbonyl (C=O) groups is 1. The van der Waals surface area contributed by atoms with Crippen LogP contribution < -0.4 is 10.3 Å². The van der Waals surface area contributed by atoms with E-state index in [2.05, 4.69) is 26.5 Å². The Hall–Kier alpha value is -1.79. The molecule has 6 heteroatoms. The summed E-state index contributed by atoms with van der Waals surface area (Å²) in [5.74, 6) is -0.120. The number of hydrazone groups is 1. The van der Waals surface area contributed by atoms with Crippen LogP contribution >= 0.6 is 27.7 Å². The molecule has 2 aromatic rings. The van der Waals surface area contributed by atoms with Crippen LogP contribution in [0.1, 0.15) is 18.1 Å². The largest absolute Gasteiger partial charge is 0.377 e. The van der Waals surface area contributed by atoms with Gasteiger partial charge in [0.15, 0.2) is 0 Å². The van der Waals surface area contributed by atoms with Gasteiger partial charge in [-0.3, -0.25) is 4.79 Å². The molecule has 0 spiro atoms. The van der Waals surface area contributed by atoms with Crippen LogP contribution in [0.3, 0.4) is 0 Å². The lowest BCUT2D eigenvalue weighted by Gasteiger charge is -2.14. The van der Waals surface area contributed by atoms with Crippen molar-refractivity contribution in [3.05, 3.63) is 58.1 Å². The van der Waals surface area contributed by atoms with Crippen molar-refractivity contribution in [3.63, 3.8) is 0 Å². The molecule has 4 nitrogen and oxygen atoms in total. The number of anilines is 1. The number of benzene rings is 2. The zero-order valence-electron chi connectivity index (χ0n) is 14.8. The molecular formula is C19H22BrN3OS. The highest BCUT2D eigenvalue weighted by Gasteiger charge is 2.13. The van der Waals surface area contributed by atoms with Crippen molar-refractivity contribution in [1.82, 2.24) is 5.43 Å². The van der Waals surface area contributed by atoms with Crippen LogP contribution in [0.15, 0.2) is 56.9 Å². The van der Waals surface area contributed by atoms with Crippen molar-refractivity contribution >= 4 is 45.5 Å². The van der Waals surface area contributed by atoms with Crippen LogP contribution in [0.25, 0.3) is 0 Å². The molecule has 1 atom stereocenters. The van der Waals surface area contributed by atoms with Gasteiger partial charge in [-0.05, 0) is 59.6 Å². The van der Waals surface area contributed by atoms with E-state index in [9.17, 15) is 4.79 Å². The maximum Gasteiger partial charge on any atom is 0.253 e. The summed E-state index contributed by atoms with van der Waals surface area (Å²) < 4.78 is 0.982. The first kappa shape index (κ1) is 19.5. The second kappa shape index (κ2) is 9.06. The third kappa shape index (κ3) is 5.90. The van der Waals surface area contributed by atoms with Crippen molar-refractivity contribution in [2.45, 2.75) is 24.0 Å². The highest BCUT2D eigenvalue weighted by atomic mass is 79.9. The molecule has 0 aliphatic rings. The number of hydrogen-bond acceptors (Lipinski definition) is 4. The summed E-state index contributed by atoms with van der Waals surface area (Å²) in [7, 11) is 3.97. The van der Waals surface area contributed by atoms with Crippen LogP contribution in [0.4, 0.5) is 5.69 Å². The predicted molar refractivity (Wildman–Crippen MR) is 111 cm³/mol. The summed E-state index contributed by atoms with van der Waals surface area (Å²) in [6, 6.07) is 14.1. The van der Waals surface area contributed by atoms with E-state index in [1.54, 1.807) is 6.21 Å². The summed E-state index contributed by atoms with van der Waals surface area (Å²) in [5, 5.41) is 3.84. The lowest BCUT2D eigenvalue weighted by Crippen LogP contribution is -2.26. The lowest BCUT2D eigenvalue weighted by molar-refractivity contribution is -0.120. The molecule has 1 N–H and O–H groups in total. The molecule has 0 bridgehead atoms. The molecular weight excluding hydrogens is 398 g/mol. The number of hydrogen-bond donors (Lipinski definition) is 1. The van der Waals surface area contributed by atoms with Crippen LogP contribution in [0.5, 0.6) is 0 Å². The lowest BCUT2D eigenvalue weighted by atomic mass is 10.2. The molecule has 0 saturated heterocycles. The minimum atomic E-state index is -0.220. The molecule has 0 fully saturated rings. The molecule has 0 aromatic heterocycles. The fraction of sp³-hybridized carbons (Fsp3) is 0.263. The summed E-state index contributed by atoms with van der Waals surface area (Å²) in [5.41, 5.74) is 5.81. The predicted octanol–water partition coefficient (Wildman–Crippen LogP) is 4.45. The van der Waals surface area contributed by atoms with E-state index in [4.69, 9.17) is 0 Å². The van der Waals surface area contributed by atoms with Gasteiger partial charge in [-0.1, -0.05) is 23.8 Å². The monoisotopic (exact) mass is 419 g/mol. The molecule has 0 radical (unpaired) electrons. The third-order valence-corrected chi connectivity index (χ3v) is 5.29. The van der Waals surface area contributed by atoms with Gasteiger partial charge in [-0.2, -0.15) is 5.10 Å². The van der Waals surface area contributed by atoms with E-state index in [0.29, 0.717) is 0 Å². The maximum absolute atomic E-state index is 12.2. The number of amides is 1. The Bertz CT molecular complexity index is 760. The molecule has 132 valence electrons. The van der Waals surface area contributed by atoms with Crippen molar-refractivity contribution in [3.8, 4) is 0 Å². The Morgan fingerprint density at radius 3 is 2.52 bits per heavy atom. The summed E-state index contributed by atoms with van der Waals surface area (Å²) in [6.45, 7) is 3.92. The van der Waals surface area contributed by atoms with E-state index < -0.39 is 0 Å². The van der Waals surface area contributed by atoms with Crippen LogP contribution in [-0.2, 0) is 4.79 Å². The normalized spacial score (nSPS) is 12.2. The molecule has 0 aliphatic heterocycles. The first-order valence-corrected chi connectivity index (χ1v) is 9.57. The maximum atomic E-state index is 12.2. The van der Waals surface area contributed by atoms with E-state index in [0.717, 1.165) is 20.6 Å². The standard InChI is InChI=1S/C19H22BrN3OS/c1-13-5-8-16(9-6-13)25-14(2)19(24)22-21-12-15-7-10-18(23(3)4)17(20)11-15/h5-12,14H,1-4H3,(H,22,24)/b21-12-/t14-/m1/s1. The number of nitrogens with zero attached hydrogens (tertiary/aromatic N) is 2. The van der Waals surface area contributed by atoms with Gasteiger partial charge in [0.1, 0.15) is 0 Å². The SMILES string of the molecule is Cc1ccc(S[C@H](C)C(=O)N/N=C\c2ccc(N(C)C)c(Br)c2)cc1.